The molecule has 224 valence electrons. The third-order valence-corrected chi connectivity index (χ3v) is 7.66. The monoisotopic (exact) mass is 599 g/mol. The SMILES string of the molecule is C#Cc1ccc(C(C(=O)Nc2c(C)cccc2Cl)N(C(=O)C(Cc2ccccc2)NC(=O)OC(C)(C)C)C2CC2C)cc1. The normalized spacial score (nSPS) is 17.1. The first kappa shape index (κ1) is 31.7. The van der Waals surface area contributed by atoms with Crippen molar-refractivity contribution >= 4 is 35.2 Å². The number of terminal acetylenes is 1. The smallest absolute Gasteiger partial charge is 0.408 e. The molecular formula is C35H38ClN3O4. The van der Waals surface area contributed by atoms with E-state index in [0.29, 0.717) is 28.3 Å². The third-order valence-electron chi connectivity index (χ3n) is 7.34. The number of alkyl carbamates (subject to hydrolysis) is 1. The van der Waals surface area contributed by atoms with Gasteiger partial charge in [0.05, 0.1) is 10.7 Å². The molecule has 3 aromatic carbocycles. The number of anilines is 1. The fourth-order valence-corrected chi connectivity index (χ4v) is 5.30. The molecule has 0 aromatic heterocycles. The Balaban J connectivity index is 1.77. The number of nitrogens with one attached hydrogen (secondary N) is 2. The number of hydrogen-bond donors (Lipinski definition) is 2. The van der Waals surface area contributed by atoms with Gasteiger partial charge in [-0.15, -0.1) is 6.42 Å². The fraction of sp³-hybridized carbons (Fsp3) is 0.343. The minimum Gasteiger partial charge on any atom is -0.444 e. The standard InChI is InChI=1S/C35H38ClN3O4/c1-7-24-16-18-26(19-17-24)31(32(40)38-30-22(2)12-11-15-27(30)36)39(29-20-23(29)3)33(41)28(21-25-13-9-8-10-14-25)37-34(42)43-35(4,5)6/h1,8-19,23,28-29,31H,20-21H2,2-6H3,(H,37,42)(H,38,40). The first-order valence-corrected chi connectivity index (χ1v) is 14.7. The second-order valence-electron chi connectivity index (χ2n) is 12.0. The first-order chi connectivity index (χ1) is 20.4. The number of carbonyl (C=O) groups is 3. The maximum absolute atomic E-state index is 14.6. The predicted molar refractivity (Wildman–Crippen MR) is 170 cm³/mol. The van der Waals surface area contributed by atoms with E-state index in [1.54, 1.807) is 56.0 Å². The van der Waals surface area contributed by atoms with Crippen molar-refractivity contribution in [3.05, 3.63) is 100 Å². The van der Waals surface area contributed by atoms with E-state index < -0.39 is 29.7 Å². The summed E-state index contributed by atoms with van der Waals surface area (Å²) < 4.78 is 5.52. The van der Waals surface area contributed by atoms with Crippen molar-refractivity contribution in [1.29, 1.82) is 0 Å². The van der Waals surface area contributed by atoms with Gasteiger partial charge in [-0.3, -0.25) is 9.59 Å². The largest absolute Gasteiger partial charge is 0.444 e. The van der Waals surface area contributed by atoms with Crippen molar-refractivity contribution in [2.24, 2.45) is 5.92 Å². The molecule has 0 bridgehead atoms. The molecule has 1 aliphatic rings. The van der Waals surface area contributed by atoms with E-state index in [0.717, 1.165) is 11.1 Å². The molecule has 7 nitrogen and oxygen atoms in total. The van der Waals surface area contributed by atoms with Gasteiger partial charge < -0.3 is 20.3 Å². The van der Waals surface area contributed by atoms with Gasteiger partial charge in [-0.1, -0.05) is 79.0 Å². The summed E-state index contributed by atoms with van der Waals surface area (Å²) in [5.74, 6) is 1.94. The van der Waals surface area contributed by atoms with E-state index in [9.17, 15) is 14.4 Å². The zero-order chi connectivity index (χ0) is 31.3. The van der Waals surface area contributed by atoms with Crippen LogP contribution in [0.15, 0.2) is 72.8 Å². The number of para-hydroxylation sites is 1. The Bertz CT molecular complexity index is 1490. The van der Waals surface area contributed by atoms with Crippen LogP contribution in [0.1, 0.15) is 62.4 Å². The summed E-state index contributed by atoms with van der Waals surface area (Å²) in [6.07, 6.45) is 5.82. The van der Waals surface area contributed by atoms with Crippen LogP contribution in [0.3, 0.4) is 0 Å². The van der Waals surface area contributed by atoms with Crippen LogP contribution in [0, 0.1) is 25.2 Å². The van der Waals surface area contributed by atoms with Crippen LogP contribution < -0.4 is 10.6 Å². The van der Waals surface area contributed by atoms with E-state index in [1.165, 1.54) is 0 Å². The lowest BCUT2D eigenvalue weighted by atomic mass is 9.98. The van der Waals surface area contributed by atoms with Gasteiger partial charge in [-0.25, -0.2) is 4.79 Å². The van der Waals surface area contributed by atoms with E-state index in [4.69, 9.17) is 22.8 Å². The molecule has 3 aromatic rings. The number of carbonyl (C=O) groups excluding carboxylic acids is 3. The molecule has 3 amide bonds. The Kier molecular flexibility index (Phi) is 9.83. The van der Waals surface area contributed by atoms with Gasteiger partial charge in [-0.2, -0.15) is 0 Å². The Morgan fingerprint density at radius 1 is 1.05 bits per heavy atom. The van der Waals surface area contributed by atoms with Gasteiger partial charge in [0, 0.05) is 18.0 Å². The van der Waals surface area contributed by atoms with Gasteiger partial charge in [0.1, 0.15) is 17.7 Å². The molecule has 0 saturated heterocycles. The van der Waals surface area contributed by atoms with Crippen molar-refractivity contribution < 1.29 is 19.1 Å². The molecule has 1 fully saturated rings. The van der Waals surface area contributed by atoms with Gasteiger partial charge in [0.15, 0.2) is 0 Å². The molecular weight excluding hydrogens is 562 g/mol. The second-order valence-corrected chi connectivity index (χ2v) is 12.4. The van der Waals surface area contributed by atoms with Crippen LogP contribution in [-0.4, -0.2) is 40.5 Å². The molecule has 43 heavy (non-hydrogen) atoms. The summed E-state index contributed by atoms with van der Waals surface area (Å²) >= 11 is 6.48. The number of rotatable bonds is 9. The lowest BCUT2D eigenvalue weighted by Gasteiger charge is -2.35. The molecule has 4 rings (SSSR count). The Morgan fingerprint density at radius 2 is 1.70 bits per heavy atom. The Morgan fingerprint density at radius 3 is 2.26 bits per heavy atom. The molecule has 1 aliphatic carbocycles. The van der Waals surface area contributed by atoms with Crippen LogP contribution in [0.25, 0.3) is 0 Å². The van der Waals surface area contributed by atoms with Crippen molar-refractivity contribution in [3.63, 3.8) is 0 Å². The lowest BCUT2D eigenvalue weighted by molar-refractivity contribution is -0.141. The average Bonchev–Trinajstić information content (AvgIpc) is 3.68. The number of ether oxygens (including phenoxy) is 1. The molecule has 8 heteroatoms. The van der Waals surface area contributed by atoms with E-state index >= 15 is 0 Å². The summed E-state index contributed by atoms with van der Waals surface area (Å²) in [6, 6.07) is 19.6. The highest BCUT2D eigenvalue weighted by molar-refractivity contribution is 6.34. The van der Waals surface area contributed by atoms with Crippen molar-refractivity contribution in [3.8, 4) is 12.3 Å². The second kappa shape index (κ2) is 13.4. The highest BCUT2D eigenvalue weighted by Crippen LogP contribution is 2.41. The average molecular weight is 600 g/mol. The molecule has 0 heterocycles. The van der Waals surface area contributed by atoms with Crippen LogP contribution in [-0.2, 0) is 20.7 Å². The number of amides is 3. The van der Waals surface area contributed by atoms with Gasteiger partial charge in [0.2, 0.25) is 5.91 Å². The number of hydrogen-bond acceptors (Lipinski definition) is 4. The van der Waals surface area contributed by atoms with Crippen LogP contribution in [0.2, 0.25) is 5.02 Å². The number of nitrogens with zero attached hydrogens (tertiary/aromatic N) is 1. The molecule has 0 radical (unpaired) electrons. The summed E-state index contributed by atoms with van der Waals surface area (Å²) in [5, 5.41) is 6.17. The van der Waals surface area contributed by atoms with Crippen molar-refractivity contribution in [1.82, 2.24) is 10.2 Å². The molecule has 0 aliphatic heterocycles. The first-order valence-electron chi connectivity index (χ1n) is 14.4. The van der Waals surface area contributed by atoms with Crippen LogP contribution in [0.5, 0.6) is 0 Å². The minimum absolute atomic E-state index is 0.158. The van der Waals surface area contributed by atoms with Crippen LogP contribution in [0.4, 0.5) is 10.5 Å². The highest BCUT2D eigenvalue weighted by atomic mass is 35.5. The van der Waals surface area contributed by atoms with Crippen molar-refractivity contribution in [2.75, 3.05) is 5.32 Å². The zero-order valence-electron chi connectivity index (χ0n) is 25.2. The van der Waals surface area contributed by atoms with Gasteiger partial charge >= 0.3 is 6.09 Å². The molecule has 4 atom stereocenters. The fourth-order valence-electron chi connectivity index (χ4n) is 5.03. The van der Waals surface area contributed by atoms with Crippen molar-refractivity contribution in [2.45, 2.75) is 71.2 Å². The molecule has 2 N–H and O–H groups in total. The number of aryl methyl sites for hydroxylation is 1. The minimum atomic E-state index is -1.02. The lowest BCUT2D eigenvalue weighted by Crippen LogP contribution is -2.54. The summed E-state index contributed by atoms with van der Waals surface area (Å²) in [5.41, 5.74) is 2.59. The zero-order valence-corrected chi connectivity index (χ0v) is 25.9. The van der Waals surface area contributed by atoms with Gasteiger partial charge in [-0.05, 0) is 74.9 Å². The van der Waals surface area contributed by atoms with Gasteiger partial charge in [0.25, 0.3) is 5.91 Å². The Labute approximate surface area is 259 Å². The van der Waals surface area contributed by atoms with E-state index in [1.807, 2.05) is 56.3 Å². The summed E-state index contributed by atoms with van der Waals surface area (Å²) in [4.78, 5) is 43.4. The van der Waals surface area contributed by atoms with Crippen LogP contribution >= 0.6 is 11.6 Å². The summed E-state index contributed by atoms with van der Waals surface area (Å²) in [7, 11) is 0. The molecule has 1 saturated carbocycles. The summed E-state index contributed by atoms with van der Waals surface area (Å²) in [6.45, 7) is 9.17. The highest BCUT2D eigenvalue weighted by Gasteiger charge is 2.48. The predicted octanol–water partition coefficient (Wildman–Crippen LogP) is 6.68. The maximum Gasteiger partial charge on any atom is 0.408 e. The number of benzene rings is 3. The van der Waals surface area contributed by atoms with E-state index in [-0.39, 0.29) is 24.3 Å². The molecule has 0 spiro atoms. The van der Waals surface area contributed by atoms with E-state index in [2.05, 4.69) is 16.6 Å². The maximum atomic E-state index is 14.6. The third kappa shape index (κ3) is 8.18. The molecule has 4 unspecified atom stereocenters. The quantitative estimate of drug-likeness (QED) is 0.269. The Hall–Kier alpha value is -4.28. The number of halogens is 1. The topological polar surface area (TPSA) is 87.7 Å².